The van der Waals surface area contributed by atoms with Gasteiger partial charge in [-0.05, 0) is 12.8 Å². The largest absolute Gasteiger partial charge is 0.385 e. The first-order valence-corrected chi connectivity index (χ1v) is 6.12. The van der Waals surface area contributed by atoms with E-state index in [9.17, 15) is 0 Å². The Labute approximate surface area is 103 Å². The highest BCUT2D eigenvalue weighted by Gasteiger charge is 2.05. The Kier molecular flexibility index (Phi) is 6.84. The molecule has 0 radical (unpaired) electrons. The first-order chi connectivity index (χ1) is 8.27. The fourth-order valence-corrected chi connectivity index (χ4v) is 1.49. The van der Waals surface area contributed by atoms with Gasteiger partial charge in [0.15, 0.2) is 0 Å². The Balaban J connectivity index is 2.16. The number of nitrogens with two attached hydrogens (primary N) is 1. The molecule has 0 aromatic carbocycles. The molecule has 1 rings (SSSR count). The molecular weight excluding hydrogens is 218 g/mol. The average Bonchev–Trinajstić information content (AvgIpc) is 2.81. The monoisotopic (exact) mass is 241 g/mol. The summed E-state index contributed by atoms with van der Waals surface area (Å²) in [5.74, 6) is 0. The molecule has 1 aromatic heterocycles. The molecule has 1 aromatic rings. The average molecular weight is 241 g/mol. The van der Waals surface area contributed by atoms with Crippen LogP contribution in [0.3, 0.4) is 0 Å². The lowest BCUT2D eigenvalue weighted by Crippen LogP contribution is -2.09. The summed E-state index contributed by atoms with van der Waals surface area (Å²) >= 11 is 0. The van der Waals surface area contributed by atoms with Gasteiger partial charge in [0.1, 0.15) is 0 Å². The van der Waals surface area contributed by atoms with Crippen molar-refractivity contribution in [3.63, 3.8) is 0 Å². The van der Waals surface area contributed by atoms with Gasteiger partial charge in [-0.25, -0.2) is 0 Å². The van der Waals surface area contributed by atoms with Gasteiger partial charge in [0.25, 0.3) is 0 Å². The number of methoxy groups -OCH3 is 1. The van der Waals surface area contributed by atoms with Crippen molar-refractivity contribution in [2.45, 2.75) is 32.4 Å². The first-order valence-electron chi connectivity index (χ1n) is 6.12. The highest BCUT2D eigenvalue weighted by Crippen LogP contribution is 2.11. The van der Waals surface area contributed by atoms with Crippen molar-refractivity contribution in [1.29, 1.82) is 0 Å². The smallest absolute Gasteiger partial charge is 0.0662 e. The molecule has 0 aliphatic rings. The number of hydrogen-bond donors (Lipinski definition) is 1. The van der Waals surface area contributed by atoms with Gasteiger partial charge in [-0.3, -0.25) is 4.68 Å². The predicted molar refractivity (Wildman–Crippen MR) is 66.8 cm³/mol. The van der Waals surface area contributed by atoms with Crippen molar-refractivity contribution in [1.82, 2.24) is 9.78 Å². The molecule has 1 unspecified atom stereocenters. The van der Waals surface area contributed by atoms with Crippen molar-refractivity contribution in [2.75, 3.05) is 26.9 Å². The van der Waals surface area contributed by atoms with Crippen LogP contribution in [-0.2, 0) is 16.0 Å². The van der Waals surface area contributed by atoms with Crippen LogP contribution >= 0.6 is 0 Å². The molecule has 1 atom stereocenters. The summed E-state index contributed by atoms with van der Waals surface area (Å²) in [5, 5.41) is 4.25. The van der Waals surface area contributed by atoms with Gasteiger partial charge < -0.3 is 15.2 Å². The van der Waals surface area contributed by atoms with E-state index in [1.165, 1.54) is 0 Å². The molecule has 5 heteroatoms. The molecule has 0 fully saturated rings. The summed E-state index contributed by atoms with van der Waals surface area (Å²) in [7, 11) is 1.70. The fourth-order valence-electron chi connectivity index (χ4n) is 1.49. The zero-order chi connectivity index (χ0) is 12.5. The van der Waals surface area contributed by atoms with E-state index in [0.717, 1.165) is 38.2 Å². The lowest BCUT2D eigenvalue weighted by atomic mass is 10.1. The van der Waals surface area contributed by atoms with Crippen LogP contribution in [0.4, 0.5) is 0 Å². The second-order valence-electron chi connectivity index (χ2n) is 4.01. The normalized spacial score (nSPS) is 12.9. The molecule has 0 saturated heterocycles. The Morgan fingerprint density at radius 1 is 1.41 bits per heavy atom. The topological polar surface area (TPSA) is 62.3 Å². The van der Waals surface area contributed by atoms with Gasteiger partial charge in [-0.15, -0.1) is 0 Å². The maximum atomic E-state index is 5.92. The molecular formula is C12H23N3O2. The van der Waals surface area contributed by atoms with Crippen LogP contribution < -0.4 is 5.73 Å². The van der Waals surface area contributed by atoms with E-state index in [2.05, 4.69) is 12.0 Å². The molecule has 0 aliphatic heterocycles. The van der Waals surface area contributed by atoms with E-state index in [-0.39, 0.29) is 6.04 Å². The van der Waals surface area contributed by atoms with E-state index >= 15 is 0 Å². The quantitative estimate of drug-likeness (QED) is 0.663. The van der Waals surface area contributed by atoms with Gasteiger partial charge in [0.2, 0.25) is 0 Å². The maximum absolute atomic E-state index is 5.92. The van der Waals surface area contributed by atoms with Crippen LogP contribution in [0.15, 0.2) is 12.4 Å². The maximum Gasteiger partial charge on any atom is 0.0662 e. The molecule has 0 amide bonds. The molecule has 0 saturated carbocycles. The van der Waals surface area contributed by atoms with Crippen molar-refractivity contribution in [2.24, 2.45) is 5.73 Å². The number of rotatable bonds is 9. The van der Waals surface area contributed by atoms with E-state index in [0.29, 0.717) is 6.61 Å². The zero-order valence-electron chi connectivity index (χ0n) is 10.8. The molecule has 1 heterocycles. The third-order valence-corrected chi connectivity index (χ3v) is 2.62. The third-order valence-electron chi connectivity index (χ3n) is 2.62. The SMILES string of the molecule is CCC(N)c1cnn(CCOCCCOC)c1. The number of hydrogen-bond acceptors (Lipinski definition) is 4. The number of aromatic nitrogens is 2. The number of nitrogens with zero attached hydrogens (tertiary/aromatic N) is 2. The summed E-state index contributed by atoms with van der Waals surface area (Å²) in [5.41, 5.74) is 7.01. The zero-order valence-corrected chi connectivity index (χ0v) is 10.8. The lowest BCUT2D eigenvalue weighted by Gasteiger charge is -2.05. The van der Waals surface area contributed by atoms with Crippen LogP contribution in [0.25, 0.3) is 0 Å². The molecule has 0 spiro atoms. The third kappa shape index (κ3) is 5.30. The van der Waals surface area contributed by atoms with Crippen LogP contribution in [0.1, 0.15) is 31.4 Å². The summed E-state index contributed by atoms with van der Waals surface area (Å²) in [6.45, 7) is 4.99. The van der Waals surface area contributed by atoms with Crippen molar-refractivity contribution in [3.05, 3.63) is 18.0 Å². The predicted octanol–water partition coefficient (Wildman–Crippen LogP) is 1.35. The van der Waals surface area contributed by atoms with Crippen LogP contribution in [0, 0.1) is 0 Å². The Bertz CT molecular complexity index is 302. The molecule has 2 N–H and O–H groups in total. The highest BCUT2D eigenvalue weighted by molar-refractivity contribution is 5.09. The van der Waals surface area contributed by atoms with Crippen LogP contribution in [0.5, 0.6) is 0 Å². The van der Waals surface area contributed by atoms with Crippen molar-refractivity contribution < 1.29 is 9.47 Å². The van der Waals surface area contributed by atoms with E-state index in [1.807, 2.05) is 17.1 Å². The van der Waals surface area contributed by atoms with E-state index in [4.69, 9.17) is 15.2 Å². The Hall–Kier alpha value is -0.910. The molecule has 0 bridgehead atoms. The summed E-state index contributed by atoms with van der Waals surface area (Å²) in [6, 6.07) is 0.0892. The van der Waals surface area contributed by atoms with Crippen LogP contribution in [-0.4, -0.2) is 36.7 Å². The van der Waals surface area contributed by atoms with Crippen molar-refractivity contribution in [3.8, 4) is 0 Å². The number of ether oxygens (including phenoxy) is 2. The minimum absolute atomic E-state index is 0.0892. The van der Waals surface area contributed by atoms with Gasteiger partial charge >= 0.3 is 0 Å². The second-order valence-corrected chi connectivity index (χ2v) is 4.01. The fraction of sp³-hybridized carbons (Fsp3) is 0.750. The Morgan fingerprint density at radius 3 is 2.94 bits per heavy atom. The van der Waals surface area contributed by atoms with Crippen LogP contribution in [0.2, 0.25) is 0 Å². The molecule has 5 nitrogen and oxygen atoms in total. The van der Waals surface area contributed by atoms with Gasteiger partial charge in [-0.1, -0.05) is 6.92 Å². The van der Waals surface area contributed by atoms with E-state index in [1.54, 1.807) is 7.11 Å². The summed E-state index contributed by atoms with van der Waals surface area (Å²) in [4.78, 5) is 0. The second kappa shape index (κ2) is 8.22. The molecule has 98 valence electrons. The summed E-state index contributed by atoms with van der Waals surface area (Å²) < 4.78 is 12.3. The minimum atomic E-state index is 0.0892. The lowest BCUT2D eigenvalue weighted by molar-refractivity contribution is 0.0961. The van der Waals surface area contributed by atoms with E-state index < -0.39 is 0 Å². The van der Waals surface area contributed by atoms with Gasteiger partial charge in [0.05, 0.1) is 19.3 Å². The van der Waals surface area contributed by atoms with Gasteiger partial charge in [0, 0.05) is 38.1 Å². The summed E-state index contributed by atoms with van der Waals surface area (Å²) in [6.07, 6.45) is 5.69. The van der Waals surface area contributed by atoms with Gasteiger partial charge in [-0.2, -0.15) is 5.10 Å². The van der Waals surface area contributed by atoms with Crippen molar-refractivity contribution >= 4 is 0 Å². The minimum Gasteiger partial charge on any atom is -0.385 e. The Morgan fingerprint density at radius 2 is 2.24 bits per heavy atom. The highest BCUT2D eigenvalue weighted by atomic mass is 16.5. The molecule has 0 aliphatic carbocycles. The first kappa shape index (κ1) is 14.2. The molecule has 17 heavy (non-hydrogen) atoms. The standard InChI is InChI=1S/C12H23N3O2/c1-3-12(13)11-9-14-15(10-11)5-8-17-7-4-6-16-2/h9-10,12H,3-8,13H2,1-2H3.